The minimum atomic E-state index is 0.160. The maximum absolute atomic E-state index is 12.7. The molecular formula is C18H23N3OS. The summed E-state index contributed by atoms with van der Waals surface area (Å²) in [6, 6.07) is 3.57. The lowest BCUT2D eigenvalue weighted by Crippen LogP contribution is -2.38. The minimum absolute atomic E-state index is 0.160. The molecule has 2 aliphatic rings. The van der Waals surface area contributed by atoms with Gasteiger partial charge < -0.3 is 10.6 Å². The van der Waals surface area contributed by atoms with E-state index in [-0.39, 0.29) is 5.91 Å². The lowest BCUT2D eigenvalue weighted by molar-refractivity contribution is -0.126. The number of thioether (sulfide) groups is 1. The predicted octanol–water partition coefficient (Wildman–Crippen LogP) is 3.62. The molecule has 1 aliphatic heterocycles. The van der Waals surface area contributed by atoms with E-state index >= 15 is 0 Å². The number of hydrogen-bond donors (Lipinski definition) is 1. The zero-order valence-corrected chi connectivity index (χ0v) is 14.5. The van der Waals surface area contributed by atoms with Gasteiger partial charge in [0.25, 0.3) is 0 Å². The van der Waals surface area contributed by atoms with Gasteiger partial charge in [-0.15, -0.1) is 0 Å². The van der Waals surface area contributed by atoms with Crippen LogP contribution >= 0.6 is 11.8 Å². The number of allylic oxidation sites excluding steroid dienone is 3. The second kappa shape index (κ2) is 6.79. The third kappa shape index (κ3) is 3.44. The van der Waals surface area contributed by atoms with Gasteiger partial charge >= 0.3 is 0 Å². The van der Waals surface area contributed by atoms with E-state index in [1.807, 2.05) is 11.0 Å². The lowest BCUT2D eigenvalue weighted by Gasteiger charge is -2.37. The van der Waals surface area contributed by atoms with Crippen LogP contribution in [0.5, 0.6) is 0 Å². The molecule has 0 aromatic carbocycles. The quantitative estimate of drug-likeness (QED) is 0.861. The number of carbonyl (C=O) groups excluding carboxylic acids is 1. The molecule has 1 amide bonds. The Balaban J connectivity index is 1.73. The molecule has 1 fully saturated rings. The van der Waals surface area contributed by atoms with Crippen molar-refractivity contribution in [1.82, 2.24) is 9.88 Å². The van der Waals surface area contributed by atoms with Crippen LogP contribution in [0.25, 0.3) is 0 Å². The first-order chi connectivity index (χ1) is 11.1. The summed E-state index contributed by atoms with van der Waals surface area (Å²) in [7, 11) is 0. The number of rotatable bonds is 3. The summed E-state index contributed by atoms with van der Waals surface area (Å²) < 4.78 is 0. The molecule has 1 saturated heterocycles. The number of nitrogen functional groups attached to an aromatic ring is 1. The molecule has 0 saturated carbocycles. The van der Waals surface area contributed by atoms with Crippen LogP contribution in [0.2, 0.25) is 0 Å². The van der Waals surface area contributed by atoms with E-state index in [4.69, 9.17) is 5.73 Å². The van der Waals surface area contributed by atoms with Crippen molar-refractivity contribution in [3.05, 3.63) is 41.2 Å². The minimum Gasteiger partial charge on any atom is -0.399 e. The molecule has 2 N–H and O–H groups in total. The van der Waals surface area contributed by atoms with E-state index in [9.17, 15) is 4.79 Å². The van der Waals surface area contributed by atoms with Gasteiger partial charge in [0.1, 0.15) is 0 Å². The van der Waals surface area contributed by atoms with Gasteiger partial charge in [-0.25, -0.2) is 4.98 Å². The summed E-state index contributed by atoms with van der Waals surface area (Å²) >= 11 is 1.45. The SMILES string of the molecule is CC1=C2C(=CCC1C)CCCN2C(=O)CSc1cc(N)ccn1. The number of aromatic nitrogens is 1. The molecule has 2 heterocycles. The van der Waals surface area contributed by atoms with Crippen LogP contribution < -0.4 is 5.73 Å². The van der Waals surface area contributed by atoms with Crippen LogP contribution in [0.3, 0.4) is 0 Å². The van der Waals surface area contributed by atoms with E-state index in [1.54, 1.807) is 12.3 Å². The van der Waals surface area contributed by atoms with Crippen LogP contribution in [0.1, 0.15) is 33.1 Å². The standard InChI is InChI=1S/C18H23N3OS/c1-12-5-6-14-4-3-9-21(18(14)13(12)2)17(22)11-23-16-10-15(19)7-8-20-16/h6-8,10,12H,3-5,9,11H2,1-2H3,(H2,19,20). The number of hydrogen-bond acceptors (Lipinski definition) is 4. The normalized spacial score (nSPS) is 21.0. The largest absolute Gasteiger partial charge is 0.399 e. The van der Waals surface area contributed by atoms with Crippen molar-refractivity contribution in [1.29, 1.82) is 0 Å². The number of carbonyl (C=O) groups is 1. The monoisotopic (exact) mass is 329 g/mol. The zero-order chi connectivity index (χ0) is 16.4. The van der Waals surface area contributed by atoms with Gasteiger partial charge in [0, 0.05) is 24.1 Å². The van der Waals surface area contributed by atoms with E-state index in [1.165, 1.54) is 28.6 Å². The number of fused-ring (bicyclic) bond motifs is 1. The molecule has 1 atom stereocenters. The molecule has 0 bridgehead atoms. The number of anilines is 1. The third-order valence-corrected chi connectivity index (χ3v) is 5.55. The second-order valence-electron chi connectivity index (χ2n) is 6.26. The van der Waals surface area contributed by atoms with Crippen molar-refractivity contribution in [2.75, 3.05) is 18.0 Å². The van der Waals surface area contributed by atoms with Crippen molar-refractivity contribution in [2.24, 2.45) is 5.92 Å². The molecule has 1 aromatic heterocycles. The molecule has 5 heteroatoms. The first-order valence-electron chi connectivity index (χ1n) is 8.11. The Morgan fingerprint density at radius 2 is 2.35 bits per heavy atom. The lowest BCUT2D eigenvalue weighted by atomic mass is 9.84. The van der Waals surface area contributed by atoms with E-state index in [0.29, 0.717) is 17.4 Å². The Hall–Kier alpha value is -1.75. The molecule has 4 nitrogen and oxygen atoms in total. The Morgan fingerprint density at radius 3 is 3.13 bits per heavy atom. The van der Waals surface area contributed by atoms with Crippen LogP contribution in [-0.4, -0.2) is 28.1 Å². The smallest absolute Gasteiger partial charge is 0.237 e. The van der Waals surface area contributed by atoms with Gasteiger partial charge in [0.05, 0.1) is 10.8 Å². The van der Waals surface area contributed by atoms with Gasteiger partial charge in [0.2, 0.25) is 5.91 Å². The molecule has 23 heavy (non-hydrogen) atoms. The summed E-state index contributed by atoms with van der Waals surface area (Å²) in [6.07, 6.45) is 7.23. The fourth-order valence-electron chi connectivity index (χ4n) is 3.19. The van der Waals surface area contributed by atoms with E-state index in [0.717, 1.165) is 30.8 Å². The number of pyridine rings is 1. The fourth-order valence-corrected chi connectivity index (χ4v) is 3.97. The van der Waals surface area contributed by atoms with Gasteiger partial charge in [-0.2, -0.15) is 0 Å². The topological polar surface area (TPSA) is 59.2 Å². The van der Waals surface area contributed by atoms with Crippen molar-refractivity contribution in [2.45, 2.75) is 38.1 Å². The number of piperidine rings is 1. The van der Waals surface area contributed by atoms with Gasteiger partial charge in [0.15, 0.2) is 0 Å². The van der Waals surface area contributed by atoms with Crippen molar-refractivity contribution < 1.29 is 4.79 Å². The zero-order valence-electron chi connectivity index (χ0n) is 13.7. The number of amides is 1. The van der Waals surface area contributed by atoms with Crippen LogP contribution in [0.4, 0.5) is 5.69 Å². The third-order valence-electron chi connectivity index (χ3n) is 4.64. The molecule has 1 unspecified atom stereocenters. The predicted molar refractivity (Wildman–Crippen MR) is 94.9 cm³/mol. The number of nitrogens with two attached hydrogens (primary N) is 1. The number of likely N-dealkylation sites (tertiary alicyclic amines) is 1. The molecule has 1 aliphatic carbocycles. The van der Waals surface area contributed by atoms with Crippen molar-refractivity contribution in [3.63, 3.8) is 0 Å². The molecular weight excluding hydrogens is 306 g/mol. The highest BCUT2D eigenvalue weighted by atomic mass is 32.2. The average molecular weight is 329 g/mol. The summed E-state index contributed by atoms with van der Waals surface area (Å²) in [6.45, 7) is 5.23. The molecule has 122 valence electrons. The van der Waals surface area contributed by atoms with Crippen LogP contribution in [0.15, 0.2) is 46.3 Å². The summed E-state index contributed by atoms with van der Waals surface area (Å²) in [5, 5.41) is 0.800. The Bertz CT molecular complexity index is 681. The van der Waals surface area contributed by atoms with Gasteiger partial charge in [-0.05, 0) is 55.4 Å². The Morgan fingerprint density at radius 1 is 1.52 bits per heavy atom. The fraction of sp³-hybridized carbons (Fsp3) is 0.444. The molecule has 1 aromatic rings. The van der Waals surface area contributed by atoms with Crippen LogP contribution in [0, 0.1) is 5.92 Å². The van der Waals surface area contributed by atoms with E-state index in [2.05, 4.69) is 24.9 Å². The van der Waals surface area contributed by atoms with E-state index < -0.39 is 0 Å². The van der Waals surface area contributed by atoms with Gasteiger partial charge in [-0.3, -0.25) is 4.79 Å². The average Bonchev–Trinajstić information content (AvgIpc) is 2.55. The van der Waals surface area contributed by atoms with Gasteiger partial charge in [-0.1, -0.05) is 24.8 Å². The number of nitrogens with zero attached hydrogens (tertiary/aromatic N) is 2. The first-order valence-corrected chi connectivity index (χ1v) is 9.09. The maximum Gasteiger partial charge on any atom is 0.237 e. The summed E-state index contributed by atoms with van der Waals surface area (Å²) in [5.41, 5.74) is 10.3. The summed E-state index contributed by atoms with van der Waals surface area (Å²) in [5.74, 6) is 1.08. The Kier molecular flexibility index (Phi) is 4.76. The van der Waals surface area contributed by atoms with Crippen molar-refractivity contribution >= 4 is 23.4 Å². The maximum atomic E-state index is 12.7. The van der Waals surface area contributed by atoms with Crippen molar-refractivity contribution in [3.8, 4) is 0 Å². The first kappa shape index (κ1) is 16.1. The summed E-state index contributed by atoms with van der Waals surface area (Å²) in [4.78, 5) is 19.0. The highest BCUT2D eigenvalue weighted by Crippen LogP contribution is 2.37. The van der Waals surface area contributed by atoms with Crippen LogP contribution in [-0.2, 0) is 4.79 Å². The highest BCUT2D eigenvalue weighted by Gasteiger charge is 2.29. The highest BCUT2D eigenvalue weighted by molar-refractivity contribution is 7.99. The Labute approximate surface area is 141 Å². The molecule has 3 rings (SSSR count). The second-order valence-corrected chi connectivity index (χ2v) is 7.26. The molecule has 0 radical (unpaired) electrons. The molecule has 0 spiro atoms.